The van der Waals surface area contributed by atoms with E-state index in [0.29, 0.717) is 42.6 Å². The van der Waals surface area contributed by atoms with Crippen molar-refractivity contribution in [2.24, 2.45) is 4.99 Å². The smallest absolute Gasteiger partial charge is 0.384 e. The SMILES string of the molecule is Cc1cc2cc(NC(=N[C@H]3CCCCN(Cc4nc(-c5ccc(OS(=O)(=O)N(C)C)cc5)no4)C3=O)NC(=O)c3ccc(C(=O)N(C)C)nc3)ccc2o1. The number of hydrogen-bond donors (Lipinski definition) is 2. The summed E-state index contributed by atoms with van der Waals surface area (Å²) in [5.41, 5.74) is 2.21. The van der Waals surface area contributed by atoms with Crippen LogP contribution in [0.5, 0.6) is 5.75 Å². The summed E-state index contributed by atoms with van der Waals surface area (Å²) in [6.07, 6.45) is 3.12. The normalized spacial score (nSPS) is 15.3. The lowest BCUT2D eigenvalue weighted by Crippen LogP contribution is -2.41. The van der Waals surface area contributed by atoms with Crippen LogP contribution in [0.3, 0.4) is 0 Å². The van der Waals surface area contributed by atoms with Crippen LogP contribution in [-0.4, -0.2) is 102 Å². The predicted octanol–water partition coefficient (Wildman–Crippen LogP) is 3.85. The van der Waals surface area contributed by atoms with Crippen molar-refractivity contribution in [2.75, 3.05) is 40.1 Å². The molecule has 18 heteroatoms. The molecule has 3 aromatic heterocycles. The number of anilines is 1. The number of likely N-dealkylation sites (tertiary alicyclic amines) is 1. The number of nitrogens with zero attached hydrogens (tertiary/aromatic N) is 7. The van der Waals surface area contributed by atoms with E-state index in [1.54, 1.807) is 43.3 Å². The van der Waals surface area contributed by atoms with Gasteiger partial charge < -0.3 is 28.2 Å². The van der Waals surface area contributed by atoms with Gasteiger partial charge in [-0.1, -0.05) is 5.16 Å². The Kier molecular flexibility index (Phi) is 11.0. The molecule has 54 heavy (non-hydrogen) atoms. The average Bonchev–Trinajstić information content (AvgIpc) is 3.72. The number of benzene rings is 2. The molecule has 6 rings (SSSR count). The first-order valence-corrected chi connectivity index (χ1v) is 18.3. The van der Waals surface area contributed by atoms with Crippen LogP contribution in [0.2, 0.25) is 0 Å². The largest absolute Gasteiger partial charge is 0.461 e. The van der Waals surface area contributed by atoms with Crippen LogP contribution in [-0.2, 0) is 21.6 Å². The molecule has 0 spiro atoms. The molecule has 0 radical (unpaired) electrons. The van der Waals surface area contributed by atoms with Gasteiger partial charge in [-0.15, -0.1) is 0 Å². The van der Waals surface area contributed by atoms with E-state index in [1.807, 2.05) is 19.1 Å². The molecule has 17 nitrogen and oxygen atoms in total. The minimum Gasteiger partial charge on any atom is -0.461 e. The van der Waals surface area contributed by atoms with E-state index < -0.39 is 22.3 Å². The number of guanidine groups is 1. The standard InChI is InChI=1S/C36H39N9O8S/c1-22-18-25-19-26(12-16-30(25)51-22)38-36(41-33(46)24-11-15-28(37-20-24)34(47)43(2)3)39-29-8-6-7-17-45(35(29)48)21-31-40-32(42-52-31)23-9-13-27(14-10-23)53-54(49,50)44(4)5/h9-16,18-20,29H,6-8,17,21H2,1-5H3,(H2,38,39,41,46)/t29-/m0/s1. The Bertz CT molecular complexity index is 2300. The molecule has 1 fully saturated rings. The number of carbonyl (C=O) groups is 3. The number of hydrogen-bond acceptors (Lipinski definition) is 12. The molecule has 1 aliphatic rings. The molecule has 1 aliphatic heterocycles. The summed E-state index contributed by atoms with van der Waals surface area (Å²) in [5, 5.41) is 10.8. The van der Waals surface area contributed by atoms with E-state index in [4.69, 9.17) is 18.1 Å². The van der Waals surface area contributed by atoms with Crippen LogP contribution in [0.4, 0.5) is 5.69 Å². The van der Waals surface area contributed by atoms with E-state index in [9.17, 15) is 22.8 Å². The third-order valence-electron chi connectivity index (χ3n) is 8.38. The van der Waals surface area contributed by atoms with E-state index >= 15 is 0 Å². The zero-order valence-electron chi connectivity index (χ0n) is 30.3. The number of rotatable bonds is 10. The van der Waals surface area contributed by atoms with Crippen LogP contribution >= 0.6 is 0 Å². The second kappa shape index (κ2) is 15.8. The maximum absolute atomic E-state index is 14.0. The Morgan fingerprint density at radius 1 is 1.04 bits per heavy atom. The number of aromatic nitrogens is 3. The first kappa shape index (κ1) is 37.6. The van der Waals surface area contributed by atoms with Crippen LogP contribution in [0.15, 0.2) is 80.8 Å². The van der Waals surface area contributed by atoms with Crippen molar-refractivity contribution >= 4 is 50.6 Å². The summed E-state index contributed by atoms with van der Waals surface area (Å²) in [6.45, 7) is 2.29. The zero-order valence-corrected chi connectivity index (χ0v) is 31.1. The van der Waals surface area contributed by atoms with Crippen molar-refractivity contribution in [1.82, 2.24) is 34.5 Å². The minimum atomic E-state index is -3.92. The minimum absolute atomic E-state index is 0.0233. The van der Waals surface area contributed by atoms with Gasteiger partial charge in [-0.3, -0.25) is 24.7 Å². The van der Waals surface area contributed by atoms with Crippen molar-refractivity contribution in [3.05, 3.63) is 89.8 Å². The van der Waals surface area contributed by atoms with Gasteiger partial charge in [0.1, 0.15) is 35.4 Å². The van der Waals surface area contributed by atoms with Gasteiger partial charge in [0.25, 0.3) is 11.8 Å². The Hall–Kier alpha value is -6.14. The molecule has 4 heterocycles. The number of furan rings is 1. The number of aliphatic imine (C=N–C) groups is 1. The molecule has 1 saturated heterocycles. The Morgan fingerprint density at radius 2 is 1.81 bits per heavy atom. The molecular weight excluding hydrogens is 719 g/mol. The molecule has 1 atom stereocenters. The van der Waals surface area contributed by atoms with Gasteiger partial charge in [0, 0.05) is 57.6 Å². The Labute approximate surface area is 311 Å². The number of nitrogens with one attached hydrogen (secondary N) is 2. The zero-order chi connectivity index (χ0) is 38.6. The van der Waals surface area contributed by atoms with Crippen molar-refractivity contribution in [2.45, 2.75) is 38.8 Å². The molecule has 0 bridgehead atoms. The summed E-state index contributed by atoms with van der Waals surface area (Å²) >= 11 is 0. The molecule has 0 saturated carbocycles. The first-order valence-electron chi connectivity index (χ1n) is 16.9. The Balaban J connectivity index is 1.20. The molecule has 0 aliphatic carbocycles. The summed E-state index contributed by atoms with van der Waals surface area (Å²) in [6, 6.07) is 15.5. The third-order valence-corrected chi connectivity index (χ3v) is 9.68. The monoisotopic (exact) mass is 757 g/mol. The highest BCUT2D eigenvalue weighted by Gasteiger charge is 2.29. The summed E-state index contributed by atoms with van der Waals surface area (Å²) in [5.74, 6) is 0.195. The quantitative estimate of drug-likeness (QED) is 0.154. The molecule has 3 amide bonds. The lowest BCUT2D eigenvalue weighted by molar-refractivity contribution is -0.132. The lowest BCUT2D eigenvalue weighted by atomic mass is 10.1. The molecule has 0 unspecified atom stereocenters. The predicted molar refractivity (Wildman–Crippen MR) is 198 cm³/mol. The van der Waals surface area contributed by atoms with Gasteiger partial charge in [-0.05, 0) is 86.8 Å². The number of aryl methyl sites for hydroxylation is 1. The molecule has 282 valence electrons. The third kappa shape index (κ3) is 8.89. The second-order valence-electron chi connectivity index (χ2n) is 12.9. The second-order valence-corrected chi connectivity index (χ2v) is 14.7. The van der Waals surface area contributed by atoms with Crippen LogP contribution in [0, 0.1) is 6.92 Å². The van der Waals surface area contributed by atoms with E-state index in [-0.39, 0.29) is 53.0 Å². The molecule has 2 N–H and O–H groups in total. The highest BCUT2D eigenvalue weighted by molar-refractivity contribution is 7.84. The molecular formula is C36H39N9O8S. The summed E-state index contributed by atoms with van der Waals surface area (Å²) in [7, 11) is 2.03. The number of amides is 3. The molecule has 5 aromatic rings. The Morgan fingerprint density at radius 3 is 2.52 bits per heavy atom. The summed E-state index contributed by atoms with van der Waals surface area (Å²) in [4.78, 5) is 56.1. The van der Waals surface area contributed by atoms with Crippen molar-refractivity contribution in [1.29, 1.82) is 0 Å². The van der Waals surface area contributed by atoms with Gasteiger partial charge in [0.15, 0.2) is 0 Å². The average molecular weight is 758 g/mol. The van der Waals surface area contributed by atoms with Gasteiger partial charge >= 0.3 is 10.3 Å². The fraction of sp³-hybridized carbons (Fsp3) is 0.306. The maximum Gasteiger partial charge on any atom is 0.384 e. The van der Waals surface area contributed by atoms with E-state index in [1.165, 1.54) is 49.5 Å². The van der Waals surface area contributed by atoms with Gasteiger partial charge in [0.2, 0.25) is 23.6 Å². The lowest BCUT2D eigenvalue weighted by Gasteiger charge is -2.22. The van der Waals surface area contributed by atoms with E-state index in [2.05, 4.69) is 25.8 Å². The van der Waals surface area contributed by atoms with Crippen molar-refractivity contribution < 1.29 is 35.9 Å². The first-order chi connectivity index (χ1) is 25.8. The number of fused-ring (bicyclic) bond motifs is 1. The molecule has 2 aromatic carbocycles. The number of pyridine rings is 1. The highest BCUT2D eigenvalue weighted by atomic mass is 32.2. The number of carbonyl (C=O) groups excluding carboxylic acids is 3. The topological polar surface area (TPSA) is 206 Å². The van der Waals surface area contributed by atoms with Gasteiger partial charge in [-0.2, -0.15) is 17.7 Å². The fourth-order valence-corrected chi connectivity index (χ4v) is 6.03. The van der Waals surface area contributed by atoms with Crippen LogP contribution < -0.4 is 14.8 Å². The maximum atomic E-state index is 14.0. The van der Waals surface area contributed by atoms with Gasteiger partial charge in [-0.25, -0.2) is 4.99 Å². The fourth-order valence-electron chi connectivity index (χ4n) is 5.52. The van der Waals surface area contributed by atoms with Crippen LogP contribution in [0.25, 0.3) is 22.4 Å². The van der Waals surface area contributed by atoms with Gasteiger partial charge in [0.05, 0.1) is 5.56 Å². The van der Waals surface area contributed by atoms with Crippen molar-refractivity contribution in [3.8, 4) is 17.1 Å². The van der Waals surface area contributed by atoms with Crippen LogP contribution in [0.1, 0.15) is 51.8 Å². The summed E-state index contributed by atoms with van der Waals surface area (Å²) < 4.78 is 41.3. The van der Waals surface area contributed by atoms with E-state index in [0.717, 1.165) is 15.5 Å². The van der Waals surface area contributed by atoms with Crippen molar-refractivity contribution in [3.63, 3.8) is 0 Å². The highest BCUT2D eigenvalue weighted by Crippen LogP contribution is 2.25.